The predicted molar refractivity (Wildman–Crippen MR) is 69.6 cm³/mol. The van der Waals surface area contributed by atoms with Gasteiger partial charge in [-0.15, -0.1) is 11.8 Å². The molecule has 3 aliphatic rings. The number of thioether (sulfide) groups is 1. The molecule has 0 bridgehead atoms. The highest BCUT2D eigenvalue weighted by atomic mass is 32.2. The Morgan fingerprint density at radius 1 is 1.35 bits per heavy atom. The Kier molecular flexibility index (Phi) is 3.08. The number of carbonyl (C=O) groups is 4. The maximum absolute atomic E-state index is 12.2. The van der Waals surface area contributed by atoms with Gasteiger partial charge in [0.1, 0.15) is 12.1 Å². The summed E-state index contributed by atoms with van der Waals surface area (Å²) in [6.07, 6.45) is 0.402. The lowest BCUT2D eigenvalue weighted by atomic mass is 10.00. The van der Waals surface area contributed by atoms with Crippen LogP contribution in [0.15, 0.2) is 0 Å². The lowest BCUT2D eigenvalue weighted by Gasteiger charge is -2.23. The molecule has 8 nitrogen and oxygen atoms in total. The van der Waals surface area contributed by atoms with E-state index in [1.807, 2.05) is 0 Å². The van der Waals surface area contributed by atoms with Crippen LogP contribution >= 0.6 is 11.8 Å². The summed E-state index contributed by atoms with van der Waals surface area (Å²) in [5.41, 5.74) is -0.990. The van der Waals surface area contributed by atoms with Crippen LogP contribution in [-0.2, 0) is 14.4 Å². The first-order chi connectivity index (χ1) is 9.50. The van der Waals surface area contributed by atoms with Crippen molar-refractivity contribution in [2.45, 2.75) is 12.0 Å². The van der Waals surface area contributed by atoms with Crippen LogP contribution in [0, 0.1) is 0 Å². The Balaban J connectivity index is 1.62. The molecule has 0 aromatic rings. The third kappa shape index (κ3) is 2.11. The van der Waals surface area contributed by atoms with Crippen molar-refractivity contribution < 1.29 is 19.2 Å². The van der Waals surface area contributed by atoms with Gasteiger partial charge in [0, 0.05) is 6.54 Å². The SMILES string of the molecule is O=C1NC(=O)C2(CCN(C(=O)CN3CSCC3=O)C2)N1. The summed E-state index contributed by atoms with van der Waals surface area (Å²) in [4.78, 5) is 49.7. The van der Waals surface area contributed by atoms with Crippen molar-refractivity contribution in [3.05, 3.63) is 0 Å². The highest BCUT2D eigenvalue weighted by Gasteiger charge is 2.51. The quantitative estimate of drug-likeness (QED) is 0.594. The van der Waals surface area contributed by atoms with Crippen molar-refractivity contribution in [1.29, 1.82) is 0 Å². The first kappa shape index (κ1) is 13.2. The molecule has 3 aliphatic heterocycles. The molecule has 5 amide bonds. The fourth-order valence-corrected chi connectivity index (χ4v) is 3.55. The first-order valence-electron chi connectivity index (χ1n) is 6.27. The molecule has 20 heavy (non-hydrogen) atoms. The number of nitrogens with one attached hydrogen (secondary N) is 2. The van der Waals surface area contributed by atoms with Gasteiger partial charge in [0.2, 0.25) is 11.8 Å². The molecular formula is C11H14N4O4S. The van der Waals surface area contributed by atoms with Crippen molar-refractivity contribution in [2.24, 2.45) is 0 Å². The van der Waals surface area contributed by atoms with E-state index < -0.39 is 11.6 Å². The topological polar surface area (TPSA) is 98.8 Å². The number of hydrogen-bond donors (Lipinski definition) is 2. The Labute approximate surface area is 119 Å². The van der Waals surface area contributed by atoms with Crippen LogP contribution in [0.4, 0.5) is 4.79 Å². The molecule has 3 fully saturated rings. The number of likely N-dealkylation sites (tertiary alicyclic amines) is 1. The summed E-state index contributed by atoms with van der Waals surface area (Å²) in [6, 6.07) is -0.518. The second kappa shape index (κ2) is 4.65. The fourth-order valence-electron chi connectivity index (χ4n) is 2.64. The minimum Gasteiger partial charge on any atom is -0.338 e. The van der Waals surface area contributed by atoms with Crippen LogP contribution in [0.5, 0.6) is 0 Å². The van der Waals surface area contributed by atoms with Gasteiger partial charge in [-0.05, 0) is 6.42 Å². The molecule has 3 rings (SSSR count). The Bertz CT molecular complexity index is 511. The minimum absolute atomic E-state index is 0.0378. The summed E-state index contributed by atoms with van der Waals surface area (Å²) in [6.45, 7) is 0.609. The molecule has 1 spiro atoms. The van der Waals surface area contributed by atoms with Crippen LogP contribution < -0.4 is 10.6 Å². The third-order valence-electron chi connectivity index (χ3n) is 3.79. The Hall–Kier alpha value is -1.77. The van der Waals surface area contributed by atoms with Gasteiger partial charge < -0.3 is 15.1 Å². The van der Waals surface area contributed by atoms with Crippen LogP contribution in [0.25, 0.3) is 0 Å². The average molecular weight is 298 g/mol. The lowest BCUT2D eigenvalue weighted by molar-refractivity contribution is -0.137. The van der Waals surface area contributed by atoms with Crippen LogP contribution in [0.1, 0.15) is 6.42 Å². The molecular weight excluding hydrogens is 284 g/mol. The van der Waals surface area contributed by atoms with Crippen LogP contribution in [0.2, 0.25) is 0 Å². The third-order valence-corrected chi connectivity index (χ3v) is 4.73. The molecule has 0 aromatic heterocycles. The smallest absolute Gasteiger partial charge is 0.322 e. The molecule has 0 aromatic carbocycles. The van der Waals surface area contributed by atoms with Gasteiger partial charge in [0.05, 0.1) is 18.2 Å². The van der Waals surface area contributed by atoms with E-state index in [4.69, 9.17) is 0 Å². The van der Waals surface area contributed by atoms with E-state index in [0.29, 0.717) is 24.6 Å². The molecule has 0 saturated carbocycles. The van der Waals surface area contributed by atoms with Gasteiger partial charge in [-0.3, -0.25) is 19.7 Å². The van der Waals surface area contributed by atoms with Gasteiger partial charge in [-0.1, -0.05) is 0 Å². The number of amides is 5. The fraction of sp³-hybridized carbons (Fsp3) is 0.636. The molecule has 0 aliphatic carbocycles. The number of hydrogen-bond acceptors (Lipinski definition) is 5. The summed E-state index contributed by atoms with van der Waals surface area (Å²) >= 11 is 1.48. The highest BCUT2D eigenvalue weighted by molar-refractivity contribution is 8.00. The highest BCUT2D eigenvalue weighted by Crippen LogP contribution is 2.25. The summed E-state index contributed by atoms with van der Waals surface area (Å²) in [5, 5.41) is 4.78. The van der Waals surface area contributed by atoms with Crippen molar-refractivity contribution in [3.8, 4) is 0 Å². The second-order valence-electron chi connectivity index (χ2n) is 5.12. The first-order valence-corrected chi connectivity index (χ1v) is 7.42. The number of carbonyl (C=O) groups excluding carboxylic acids is 4. The van der Waals surface area contributed by atoms with Crippen LogP contribution in [0.3, 0.4) is 0 Å². The van der Waals surface area contributed by atoms with E-state index in [1.165, 1.54) is 21.6 Å². The van der Waals surface area contributed by atoms with Gasteiger partial charge in [-0.2, -0.15) is 0 Å². The lowest BCUT2D eigenvalue weighted by Crippen LogP contribution is -2.50. The standard InChI is InChI=1S/C11H14N4O4S/c16-7(3-15-6-20-4-8(15)17)14-2-1-11(5-14)9(18)12-10(19)13-11/h1-6H2,(H2,12,13,18,19). The van der Waals surface area contributed by atoms with Gasteiger partial charge in [0.15, 0.2) is 0 Å². The van der Waals surface area contributed by atoms with Crippen molar-refractivity contribution in [1.82, 2.24) is 20.4 Å². The van der Waals surface area contributed by atoms with Gasteiger partial charge in [0.25, 0.3) is 5.91 Å². The normalized spacial score (nSPS) is 29.3. The molecule has 1 atom stereocenters. The van der Waals surface area contributed by atoms with Gasteiger partial charge >= 0.3 is 6.03 Å². The molecule has 3 saturated heterocycles. The molecule has 9 heteroatoms. The van der Waals surface area contributed by atoms with E-state index in [0.717, 1.165) is 0 Å². The molecule has 1 unspecified atom stereocenters. The molecule has 3 heterocycles. The minimum atomic E-state index is -0.990. The zero-order valence-electron chi connectivity index (χ0n) is 10.7. The zero-order valence-corrected chi connectivity index (χ0v) is 11.5. The van der Waals surface area contributed by atoms with E-state index in [-0.39, 0.29) is 30.8 Å². The van der Waals surface area contributed by atoms with E-state index in [1.54, 1.807) is 0 Å². The van der Waals surface area contributed by atoms with Crippen molar-refractivity contribution >= 4 is 35.5 Å². The monoisotopic (exact) mass is 298 g/mol. The number of nitrogens with zero attached hydrogens (tertiary/aromatic N) is 2. The van der Waals surface area contributed by atoms with E-state index in [2.05, 4.69) is 10.6 Å². The Morgan fingerprint density at radius 2 is 2.15 bits per heavy atom. The zero-order chi connectivity index (χ0) is 14.3. The molecule has 0 radical (unpaired) electrons. The maximum Gasteiger partial charge on any atom is 0.322 e. The van der Waals surface area contributed by atoms with Crippen molar-refractivity contribution in [2.75, 3.05) is 31.3 Å². The summed E-state index contributed by atoms with van der Waals surface area (Å²) < 4.78 is 0. The largest absolute Gasteiger partial charge is 0.338 e. The van der Waals surface area contributed by atoms with E-state index in [9.17, 15) is 19.2 Å². The summed E-state index contributed by atoms with van der Waals surface area (Å²) in [7, 11) is 0. The van der Waals surface area contributed by atoms with Gasteiger partial charge in [-0.25, -0.2) is 4.79 Å². The molecule has 108 valence electrons. The Morgan fingerprint density at radius 3 is 2.75 bits per heavy atom. The summed E-state index contributed by atoms with van der Waals surface area (Å²) in [5.74, 6) is 0.331. The number of imide groups is 1. The number of urea groups is 1. The van der Waals surface area contributed by atoms with E-state index >= 15 is 0 Å². The average Bonchev–Trinajstić information content (AvgIpc) is 3.04. The second-order valence-corrected chi connectivity index (χ2v) is 6.08. The maximum atomic E-state index is 12.2. The predicted octanol–water partition coefficient (Wildman–Crippen LogP) is -1.67. The van der Waals surface area contributed by atoms with Crippen LogP contribution in [-0.4, -0.2) is 70.4 Å². The van der Waals surface area contributed by atoms with Crippen molar-refractivity contribution in [3.63, 3.8) is 0 Å². The molecule has 2 N–H and O–H groups in total. The number of rotatable bonds is 2.